The molecule has 0 fully saturated rings. The third-order valence-corrected chi connectivity index (χ3v) is 1.09. The molecule has 0 spiro atoms. The first kappa shape index (κ1) is 15.8. The summed E-state index contributed by atoms with van der Waals surface area (Å²) in [5, 5.41) is 19.1. The fourth-order valence-electron chi connectivity index (χ4n) is 0.526. The molecular formula is C10H17NO4. The zero-order valence-electron chi connectivity index (χ0n) is 8.93. The average Bonchev–Trinajstić information content (AvgIpc) is 2.14. The van der Waals surface area contributed by atoms with E-state index in [9.17, 15) is 9.59 Å². The molecule has 0 aromatic heterocycles. The molecule has 0 rings (SSSR count). The number of hydrogen-bond acceptors (Lipinski definition) is 3. The Morgan fingerprint density at radius 3 is 1.47 bits per heavy atom. The number of carboxylic acids is 2. The molecule has 0 amide bonds. The number of allylic oxidation sites excluding steroid dienone is 2. The highest BCUT2D eigenvalue weighted by Gasteiger charge is 1.83. The lowest BCUT2D eigenvalue weighted by atomic mass is 10.4. The minimum absolute atomic E-state index is 0.847. The Labute approximate surface area is 89.1 Å². The molecule has 0 unspecified atom stereocenters. The van der Waals surface area contributed by atoms with E-state index in [0.29, 0.717) is 0 Å². The summed E-state index contributed by atoms with van der Waals surface area (Å²) in [7, 11) is 0. The van der Waals surface area contributed by atoms with Gasteiger partial charge in [0.1, 0.15) is 0 Å². The monoisotopic (exact) mass is 215 g/mol. The first-order chi connectivity index (χ1) is 7.04. The van der Waals surface area contributed by atoms with E-state index in [0.717, 1.165) is 37.4 Å². The third-order valence-electron chi connectivity index (χ3n) is 1.09. The minimum Gasteiger partial charge on any atom is -0.478 e. The summed E-state index contributed by atoms with van der Waals surface area (Å²) in [6.07, 6.45) is 3.96. The van der Waals surface area contributed by atoms with Crippen molar-refractivity contribution in [3.8, 4) is 0 Å². The first-order valence-corrected chi connectivity index (χ1v) is 4.55. The Morgan fingerprint density at radius 1 is 1.00 bits per heavy atom. The summed E-state index contributed by atoms with van der Waals surface area (Å²) in [4.78, 5) is 19.6. The van der Waals surface area contributed by atoms with Crippen molar-refractivity contribution in [2.75, 3.05) is 13.1 Å². The molecule has 0 aromatic rings. The number of aliphatic carboxylic acids is 2. The Bertz CT molecular complexity index is 210. The van der Waals surface area contributed by atoms with Crippen LogP contribution in [0.4, 0.5) is 0 Å². The van der Waals surface area contributed by atoms with Gasteiger partial charge in [-0.25, -0.2) is 9.59 Å². The second kappa shape index (κ2) is 12.4. The lowest BCUT2D eigenvalue weighted by Crippen LogP contribution is -2.09. The zero-order valence-corrected chi connectivity index (χ0v) is 8.93. The molecule has 0 saturated carbocycles. The van der Waals surface area contributed by atoms with Crippen LogP contribution in [0.25, 0.3) is 0 Å². The van der Waals surface area contributed by atoms with Gasteiger partial charge in [-0.3, -0.25) is 0 Å². The number of carbonyl (C=O) groups is 2. The van der Waals surface area contributed by atoms with Crippen molar-refractivity contribution in [3.63, 3.8) is 0 Å². The molecule has 5 nitrogen and oxygen atoms in total. The van der Waals surface area contributed by atoms with Crippen LogP contribution in [0.2, 0.25) is 0 Å². The van der Waals surface area contributed by atoms with Gasteiger partial charge in [-0.15, -0.1) is 0 Å². The van der Waals surface area contributed by atoms with Crippen molar-refractivity contribution < 1.29 is 19.8 Å². The van der Waals surface area contributed by atoms with Gasteiger partial charge in [-0.1, -0.05) is 26.0 Å². The molecule has 0 radical (unpaired) electrons. The second-order valence-corrected chi connectivity index (χ2v) is 2.35. The van der Waals surface area contributed by atoms with Crippen molar-refractivity contribution in [3.05, 3.63) is 24.3 Å². The molecule has 0 aliphatic rings. The topological polar surface area (TPSA) is 86.6 Å². The Morgan fingerprint density at radius 2 is 1.33 bits per heavy atom. The maximum Gasteiger partial charge on any atom is 0.328 e. The van der Waals surface area contributed by atoms with Gasteiger partial charge in [-0.05, 0) is 13.1 Å². The molecule has 0 heterocycles. The standard InChI is InChI=1S/C6H6O4.C4H11N/c7-5(8)3-1-2-4-6(9)10;1-3-5-4-2/h1-4H,(H,7,8)(H,9,10);5H,3-4H2,1-2H3/b3-1+,4-2+;. The quantitative estimate of drug-likeness (QED) is 0.468. The van der Waals surface area contributed by atoms with Crippen LogP contribution in [-0.4, -0.2) is 35.2 Å². The fourth-order valence-corrected chi connectivity index (χ4v) is 0.526. The average molecular weight is 215 g/mol. The summed E-state index contributed by atoms with van der Waals surface area (Å²) in [6, 6.07) is 0. The Kier molecular flexibility index (Phi) is 13.1. The van der Waals surface area contributed by atoms with Crippen molar-refractivity contribution in [2.45, 2.75) is 13.8 Å². The number of rotatable bonds is 5. The van der Waals surface area contributed by atoms with Gasteiger partial charge < -0.3 is 15.5 Å². The van der Waals surface area contributed by atoms with E-state index in [2.05, 4.69) is 19.2 Å². The van der Waals surface area contributed by atoms with Gasteiger partial charge in [0.2, 0.25) is 0 Å². The summed E-state index contributed by atoms with van der Waals surface area (Å²) >= 11 is 0. The number of carboxylic acid groups (broad SMARTS) is 2. The van der Waals surface area contributed by atoms with Crippen LogP contribution in [0.15, 0.2) is 24.3 Å². The van der Waals surface area contributed by atoms with Crippen molar-refractivity contribution in [1.29, 1.82) is 0 Å². The molecule has 15 heavy (non-hydrogen) atoms. The normalized spacial score (nSPS) is 10.0. The van der Waals surface area contributed by atoms with Crippen LogP contribution < -0.4 is 5.32 Å². The van der Waals surface area contributed by atoms with Crippen LogP contribution in [0.1, 0.15) is 13.8 Å². The fraction of sp³-hybridized carbons (Fsp3) is 0.400. The zero-order chi connectivity index (χ0) is 12.1. The summed E-state index contributed by atoms with van der Waals surface area (Å²) < 4.78 is 0. The molecule has 5 heteroatoms. The van der Waals surface area contributed by atoms with Crippen LogP contribution in [0.3, 0.4) is 0 Å². The van der Waals surface area contributed by atoms with Gasteiger partial charge in [0.25, 0.3) is 0 Å². The van der Waals surface area contributed by atoms with E-state index in [1.54, 1.807) is 0 Å². The lowest BCUT2D eigenvalue weighted by Gasteiger charge is -1.86. The second-order valence-electron chi connectivity index (χ2n) is 2.35. The van der Waals surface area contributed by atoms with Crippen molar-refractivity contribution >= 4 is 11.9 Å². The van der Waals surface area contributed by atoms with Crippen molar-refractivity contribution in [2.24, 2.45) is 0 Å². The molecule has 0 bridgehead atoms. The van der Waals surface area contributed by atoms with Crippen LogP contribution in [0.5, 0.6) is 0 Å². The van der Waals surface area contributed by atoms with E-state index < -0.39 is 11.9 Å². The van der Waals surface area contributed by atoms with Crippen LogP contribution in [0, 0.1) is 0 Å². The summed E-state index contributed by atoms with van der Waals surface area (Å²) in [5.41, 5.74) is 0. The highest BCUT2D eigenvalue weighted by molar-refractivity contribution is 5.82. The summed E-state index contributed by atoms with van der Waals surface area (Å²) in [6.45, 7) is 6.39. The highest BCUT2D eigenvalue weighted by atomic mass is 16.4. The predicted octanol–water partition coefficient (Wildman–Crippen LogP) is 0.884. The van der Waals surface area contributed by atoms with Gasteiger partial charge in [0, 0.05) is 12.2 Å². The third kappa shape index (κ3) is 24.5. The minimum atomic E-state index is -1.10. The molecule has 3 N–H and O–H groups in total. The van der Waals surface area contributed by atoms with E-state index in [1.165, 1.54) is 0 Å². The molecule has 0 aromatic carbocycles. The molecule has 0 aliphatic carbocycles. The van der Waals surface area contributed by atoms with E-state index in [1.807, 2.05) is 0 Å². The van der Waals surface area contributed by atoms with Gasteiger partial charge in [0.15, 0.2) is 0 Å². The largest absolute Gasteiger partial charge is 0.478 e. The van der Waals surface area contributed by atoms with E-state index in [-0.39, 0.29) is 0 Å². The molecular weight excluding hydrogens is 198 g/mol. The predicted molar refractivity (Wildman–Crippen MR) is 57.8 cm³/mol. The van der Waals surface area contributed by atoms with Gasteiger partial charge in [0.05, 0.1) is 0 Å². The number of hydrogen-bond donors (Lipinski definition) is 3. The van der Waals surface area contributed by atoms with Gasteiger partial charge >= 0.3 is 11.9 Å². The molecule has 0 aliphatic heterocycles. The van der Waals surface area contributed by atoms with Crippen molar-refractivity contribution in [1.82, 2.24) is 5.32 Å². The van der Waals surface area contributed by atoms with Gasteiger partial charge in [-0.2, -0.15) is 0 Å². The molecule has 0 saturated heterocycles. The molecule has 0 atom stereocenters. The SMILES string of the molecule is CCNCC.O=C(O)/C=C/C=C/C(=O)O. The van der Waals surface area contributed by atoms with E-state index in [4.69, 9.17) is 10.2 Å². The smallest absolute Gasteiger partial charge is 0.328 e. The van der Waals surface area contributed by atoms with Crippen LogP contribution >= 0.6 is 0 Å². The van der Waals surface area contributed by atoms with Crippen LogP contribution in [-0.2, 0) is 9.59 Å². The first-order valence-electron chi connectivity index (χ1n) is 4.55. The molecule has 86 valence electrons. The lowest BCUT2D eigenvalue weighted by molar-refractivity contribution is -0.132. The summed E-state index contributed by atoms with van der Waals surface area (Å²) in [5.74, 6) is -2.20. The Balaban J connectivity index is 0. The maximum absolute atomic E-state index is 9.78. The number of nitrogens with one attached hydrogen (secondary N) is 1. The maximum atomic E-state index is 9.78. The highest BCUT2D eigenvalue weighted by Crippen LogP contribution is 1.76. The Hall–Kier alpha value is -1.62. The van der Waals surface area contributed by atoms with E-state index >= 15 is 0 Å².